The Labute approximate surface area is 266 Å². The number of halogens is 1. The number of nitro benzene ring substituents is 1. The number of nitrogens with zero attached hydrogens (tertiary/aromatic N) is 2. The molecule has 1 saturated carbocycles. The lowest BCUT2D eigenvalue weighted by Gasteiger charge is -2.16. The largest absolute Gasteiger partial charge is 0.493 e. The van der Waals surface area contributed by atoms with E-state index in [0.717, 1.165) is 0 Å². The molecule has 0 saturated heterocycles. The third-order valence-electron chi connectivity index (χ3n) is 7.56. The summed E-state index contributed by atoms with van der Waals surface area (Å²) >= 11 is 0. The first kappa shape index (κ1) is 30.6. The quantitative estimate of drug-likeness (QED) is 0.0562. The standard InChI is InChI=1S/C34H25FN4O8/c1-45-29-19-27-26(18-30(29)47-31(40)20-2-10-24(11-3-20)39(43)44)28(14-17-36-27)46-25-12-8-23(9-13-25)38-33(42)34(15-16-34)32(41)37-22-6-4-21(35)5-7-22/h2-14,17-19H,15-16H2,1H3,(H,37,41)(H,38,42). The highest BCUT2D eigenvalue weighted by atomic mass is 19.1. The molecule has 236 valence electrons. The molecule has 4 aromatic carbocycles. The Hall–Kier alpha value is -6.37. The number of anilines is 2. The molecule has 0 atom stereocenters. The zero-order valence-corrected chi connectivity index (χ0v) is 24.7. The molecule has 12 nitrogen and oxygen atoms in total. The predicted molar refractivity (Wildman–Crippen MR) is 168 cm³/mol. The van der Waals surface area contributed by atoms with Gasteiger partial charge in [0, 0.05) is 41.2 Å². The van der Waals surface area contributed by atoms with E-state index in [-0.39, 0.29) is 22.7 Å². The Morgan fingerprint density at radius 2 is 1.45 bits per heavy atom. The van der Waals surface area contributed by atoms with Crippen molar-refractivity contribution in [3.05, 3.63) is 119 Å². The summed E-state index contributed by atoms with van der Waals surface area (Å²) in [6.07, 6.45) is 2.32. The number of amides is 2. The van der Waals surface area contributed by atoms with Crippen molar-refractivity contribution in [1.82, 2.24) is 4.98 Å². The summed E-state index contributed by atoms with van der Waals surface area (Å²) < 4.78 is 30.3. The molecule has 1 aliphatic carbocycles. The van der Waals surface area contributed by atoms with E-state index in [4.69, 9.17) is 14.2 Å². The summed E-state index contributed by atoms with van der Waals surface area (Å²) in [7, 11) is 1.41. The van der Waals surface area contributed by atoms with E-state index in [1.54, 1.807) is 48.7 Å². The smallest absolute Gasteiger partial charge is 0.343 e. The molecule has 0 spiro atoms. The molecule has 1 aromatic heterocycles. The van der Waals surface area contributed by atoms with Gasteiger partial charge < -0.3 is 24.8 Å². The maximum absolute atomic E-state index is 13.2. The van der Waals surface area contributed by atoms with E-state index in [9.17, 15) is 28.9 Å². The number of carbonyl (C=O) groups is 3. The maximum atomic E-state index is 13.2. The first-order valence-electron chi connectivity index (χ1n) is 14.2. The number of fused-ring (bicyclic) bond motifs is 1. The van der Waals surface area contributed by atoms with Crippen molar-refractivity contribution in [3.8, 4) is 23.0 Å². The fourth-order valence-corrected chi connectivity index (χ4v) is 4.78. The molecular formula is C34H25FN4O8. The van der Waals surface area contributed by atoms with Crippen molar-refractivity contribution in [2.75, 3.05) is 17.7 Å². The van der Waals surface area contributed by atoms with Gasteiger partial charge in [0.05, 0.1) is 23.1 Å². The third kappa shape index (κ3) is 6.54. The molecule has 6 rings (SSSR count). The first-order chi connectivity index (χ1) is 22.6. The number of carbonyl (C=O) groups excluding carboxylic acids is 3. The molecule has 1 aliphatic rings. The molecule has 0 bridgehead atoms. The van der Waals surface area contributed by atoms with Crippen LogP contribution in [0.25, 0.3) is 10.9 Å². The van der Waals surface area contributed by atoms with Crippen LogP contribution in [0.15, 0.2) is 97.2 Å². The predicted octanol–water partition coefficient (Wildman–Crippen LogP) is 6.66. The second-order valence-corrected chi connectivity index (χ2v) is 10.6. The van der Waals surface area contributed by atoms with Crippen molar-refractivity contribution in [2.24, 2.45) is 5.41 Å². The fourth-order valence-electron chi connectivity index (χ4n) is 4.78. The first-order valence-corrected chi connectivity index (χ1v) is 14.2. The van der Waals surface area contributed by atoms with E-state index < -0.39 is 33.9 Å². The number of nitrogens with one attached hydrogen (secondary N) is 2. The summed E-state index contributed by atoms with van der Waals surface area (Å²) in [5.41, 5.74) is 0.0774. The second-order valence-electron chi connectivity index (χ2n) is 10.6. The van der Waals surface area contributed by atoms with E-state index in [1.807, 2.05) is 0 Å². The molecule has 2 N–H and O–H groups in total. The molecule has 0 unspecified atom stereocenters. The lowest BCUT2D eigenvalue weighted by Crippen LogP contribution is -2.35. The van der Waals surface area contributed by atoms with Crippen LogP contribution in [-0.4, -0.2) is 34.8 Å². The number of rotatable bonds is 10. The molecule has 13 heteroatoms. The van der Waals surface area contributed by atoms with Gasteiger partial charge in [0.1, 0.15) is 22.7 Å². The Kier molecular flexibility index (Phi) is 8.19. The number of non-ortho nitro benzene ring substituents is 1. The lowest BCUT2D eigenvalue weighted by molar-refractivity contribution is -0.384. The normalized spacial score (nSPS) is 12.9. The Bertz CT molecular complexity index is 2010. The van der Waals surface area contributed by atoms with Gasteiger partial charge in [0.2, 0.25) is 11.8 Å². The molecular weight excluding hydrogens is 611 g/mol. The van der Waals surface area contributed by atoms with Gasteiger partial charge in [-0.1, -0.05) is 0 Å². The fraction of sp³-hybridized carbons (Fsp3) is 0.118. The van der Waals surface area contributed by atoms with Gasteiger partial charge in [-0.2, -0.15) is 0 Å². The van der Waals surface area contributed by atoms with Crippen molar-refractivity contribution in [2.45, 2.75) is 12.8 Å². The van der Waals surface area contributed by atoms with Gasteiger partial charge >= 0.3 is 5.97 Å². The summed E-state index contributed by atoms with van der Waals surface area (Å²) in [5.74, 6) is -0.964. The summed E-state index contributed by atoms with van der Waals surface area (Å²) in [4.78, 5) is 53.5. The second kappa shape index (κ2) is 12.6. The minimum absolute atomic E-state index is 0.0803. The number of aromatic nitrogens is 1. The zero-order chi connectivity index (χ0) is 33.1. The van der Waals surface area contributed by atoms with E-state index in [0.29, 0.717) is 46.6 Å². The van der Waals surface area contributed by atoms with Gasteiger partial charge in [-0.05, 0) is 85.6 Å². The van der Waals surface area contributed by atoms with Gasteiger partial charge in [0.15, 0.2) is 11.5 Å². The number of hydrogen-bond donors (Lipinski definition) is 2. The van der Waals surface area contributed by atoms with Crippen LogP contribution in [0.5, 0.6) is 23.0 Å². The summed E-state index contributed by atoms with van der Waals surface area (Å²) in [5, 5.41) is 16.9. The topological polar surface area (TPSA) is 159 Å². The molecule has 47 heavy (non-hydrogen) atoms. The van der Waals surface area contributed by atoms with Gasteiger partial charge in [-0.25, -0.2) is 9.18 Å². The monoisotopic (exact) mass is 636 g/mol. The van der Waals surface area contributed by atoms with Gasteiger partial charge in [0.25, 0.3) is 5.69 Å². The van der Waals surface area contributed by atoms with Crippen molar-refractivity contribution in [3.63, 3.8) is 0 Å². The Morgan fingerprint density at radius 3 is 2.02 bits per heavy atom. The van der Waals surface area contributed by atoms with Crippen LogP contribution in [0.3, 0.4) is 0 Å². The van der Waals surface area contributed by atoms with Crippen LogP contribution >= 0.6 is 0 Å². The van der Waals surface area contributed by atoms with Crippen LogP contribution in [-0.2, 0) is 9.59 Å². The molecule has 1 fully saturated rings. The van der Waals surface area contributed by atoms with Crippen molar-refractivity contribution >= 4 is 45.7 Å². The number of ether oxygens (including phenoxy) is 3. The molecule has 0 aliphatic heterocycles. The van der Waals surface area contributed by atoms with Crippen LogP contribution in [0.1, 0.15) is 23.2 Å². The third-order valence-corrected chi connectivity index (χ3v) is 7.56. The average molecular weight is 637 g/mol. The average Bonchev–Trinajstić information content (AvgIpc) is 3.89. The summed E-state index contributed by atoms with van der Waals surface area (Å²) in [6, 6.07) is 21.6. The van der Waals surface area contributed by atoms with Gasteiger partial charge in [-0.15, -0.1) is 0 Å². The number of nitro groups is 1. The number of pyridine rings is 1. The minimum atomic E-state index is -1.21. The van der Waals surface area contributed by atoms with E-state index in [2.05, 4.69) is 15.6 Å². The maximum Gasteiger partial charge on any atom is 0.343 e. The number of hydrogen-bond acceptors (Lipinski definition) is 9. The molecule has 5 aromatic rings. The Balaban J connectivity index is 1.15. The van der Waals surface area contributed by atoms with E-state index >= 15 is 0 Å². The molecule has 2 amide bonds. The lowest BCUT2D eigenvalue weighted by atomic mass is 10.0. The van der Waals surface area contributed by atoms with Crippen LogP contribution < -0.4 is 24.8 Å². The van der Waals surface area contributed by atoms with Crippen LogP contribution in [0.2, 0.25) is 0 Å². The Morgan fingerprint density at radius 1 is 0.830 bits per heavy atom. The van der Waals surface area contributed by atoms with Crippen LogP contribution in [0.4, 0.5) is 21.5 Å². The van der Waals surface area contributed by atoms with Crippen LogP contribution in [0, 0.1) is 21.3 Å². The molecule has 0 radical (unpaired) electrons. The number of esters is 1. The van der Waals surface area contributed by atoms with E-state index in [1.165, 1.54) is 55.6 Å². The van der Waals surface area contributed by atoms with Crippen molar-refractivity contribution < 1.29 is 37.9 Å². The number of methoxy groups -OCH3 is 1. The highest BCUT2D eigenvalue weighted by Crippen LogP contribution is 2.47. The minimum Gasteiger partial charge on any atom is -0.493 e. The SMILES string of the molecule is COc1cc2nccc(Oc3ccc(NC(=O)C4(C(=O)Nc5ccc(F)cc5)CC4)cc3)c2cc1OC(=O)c1ccc([N+](=O)[O-])cc1. The van der Waals surface area contributed by atoms with Crippen molar-refractivity contribution in [1.29, 1.82) is 0 Å². The zero-order valence-electron chi connectivity index (χ0n) is 24.7. The summed E-state index contributed by atoms with van der Waals surface area (Å²) in [6.45, 7) is 0. The highest BCUT2D eigenvalue weighted by Gasteiger charge is 2.56. The van der Waals surface area contributed by atoms with Gasteiger partial charge in [-0.3, -0.25) is 24.7 Å². The highest BCUT2D eigenvalue weighted by molar-refractivity contribution is 6.16. The molecule has 1 heterocycles. The number of benzene rings is 4.